The summed E-state index contributed by atoms with van der Waals surface area (Å²) in [6, 6.07) is 91.9. The summed E-state index contributed by atoms with van der Waals surface area (Å²) >= 11 is 1.84. The first-order valence-corrected chi connectivity index (χ1v) is 23.9. The lowest BCUT2D eigenvalue weighted by Crippen LogP contribution is -2.13. The zero-order valence-electron chi connectivity index (χ0n) is 37.0. The van der Waals surface area contributed by atoms with E-state index >= 15 is 0 Å². The molecule has 0 aliphatic heterocycles. The number of furan rings is 1. The molecule has 2 aromatic heterocycles. The molecule has 2 heterocycles. The fourth-order valence-corrected chi connectivity index (χ4v) is 11.4. The molecule has 0 unspecified atom stereocenters. The quantitative estimate of drug-likeness (QED) is 0.144. The predicted octanol–water partition coefficient (Wildman–Crippen LogP) is 19.0. The molecular formula is C64H42N2OS. The predicted molar refractivity (Wildman–Crippen MR) is 290 cm³/mol. The van der Waals surface area contributed by atoms with Crippen LogP contribution in [0.4, 0.5) is 34.1 Å². The van der Waals surface area contributed by atoms with Crippen molar-refractivity contribution in [3.05, 3.63) is 255 Å². The highest BCUT2D eigenvalue weighted by Gasteiger charge is 2.26. The van der Waals surface area contributed by atoms with Gasteiger partial charge in [-0.1, -0.05) is 200 Å². The summed E-state index contributed by atoms with van der Waals surface area (Å²) < 4.78 is 9.33. The number of nitrogens with zero attached hydrogens (tertiary/aromatic N) is 2. The Bertz CT molecular complexity index is 3890. The average Bonchev–Trinajstić information content (AvgIpc) is 3.99. The van der Waals surface area contributed by atoms with Crippen molar-refractivity contribution in [3.63, 3.8) is 0 Å². The summed E-state index contributed by atoms with van der Waals surface area (Å²) in [6.45, 7) is 0. The van der Waals surface area contributed by atoms with Crippen molar-refractivity contribution in [2.24, 2.45) is 0 Å². The Morgan fingerprint density at radius 2 is 0.824 bits per heavy atom. The lowest BCUT2D eigenvalue weighted by molar-refractivity contribution is 0.669. The molecule has 0 bridgehead atoms. The van der Waals surface area contributed by atoms with Gasteiger partial charge < -0.3 is 14.2 Å². The summed E-state index contributed by atoms with van der Waals surface area (Å²) in [5.74, 6) is 0. The van der Waals surface area contributed by atoms with E-state index in [1.807, 2.05) is 17.4 Å². The van der Waals surface area contributed by atoms with Gasteiger partial charge in [-0.2, -0.15) is 0 Å². The highest BCUT2D eigenvalue weighted by atomic mass is 32.1. The van der Waals surface area contributed by atoms with E-state index in [2.05, 4.69) is 259 Å². The molecule has 13 rings (SSSR count). The summed E-state index contributed by atoms with van der Waals surface area (Å²) in [5, 5.41) is 7.06. The zero-order chi connectivity index (χ0) is 45.0. The van der Waals surface area contributed by atoms with Gasteiger partial charge in [0, 0.05) is 48.4 Å². The number of rotatable bonds is 9. The molecule has 3 nitrogen and oxygen atoms in total. The number of hydrogen-bond donors (Lipinski definition) is 0. The number of benzene rings is 11. The van der Waals surface area contributed by atoms with Crippen LogP contribution in [0.2, 0.25) is 0 Å². The first-order chi connectivity index (χ1) is 33.8. The van der Waals surface area contributed by atoms with Gasteiger partial charge in [0.15, 0.2) is 5.58 Å². The zero-order valence-corrected chi connectivity index (χ0v) is 37.8. The normalized spacial score (nSPS) is 11.5. The molecule has 0 atom stereocenters. The molecule has 0 aliphatic rings. The van der Waals surface area contributed by atoms with E-state index in [9.17, 15) is 0 Å². The van der Waals surface area contributed by atoms with E-state index < -0.39 is 0 Å². The average molecular weight is 887 g/mol. The van der Waals surface area contributed by atoms with Crippen molar-refractivity contribution in [3.8, 4) is 33.4 Å². The maximum atomic E-state index is 6.85. The SMILES string of the molecule is c1ccc(-c2ccccc2N(c2cccc(-c3ccccc3N(c3cccc4c3oc3ccccc34)c3cccc4c3sc3ccccc34)c2)c2ccc(-c3ccccc3)c3ccccc23)cc1. The first kappa shape index (κ1) is 39.6. The Morgan fingerprint density at radius 3 is 1.60 bits per heavy atom. The van der Waals surface area contributed by atoms with Crippen LogP contribution in [0, 0.1) is 0 Å². The maximum absolute atomic E-state index is 6.85. The van der Waals surface area contributed by atoms with Crippen LogP contribution in [-0.2, 0) is 0 Å². The topological polar surface area (TPSA) is 19.6 Å². The molecule has 13 aromatic rings. The fraction of sp³-hybridized carbons (Fsp3) is 0. The van der Waals surface area contributed by atoms with Crippen molar-refractivity contribution >= 4 is 98.3 Å². The van der Waals surface area contributed by atoms with Crippen LogP contribution >= 0.6 is 11.3 Å². The van der Waals surface area contributed by atoms with E-state index in [1.165, 1.54) is 42.1 Å². The molecule has 11 aromatic carbocycles. The van der Waals surface area contributed by atoms with Gasteiger partial charge in [-0.3, -0.25) is 0 Å². The third kappa shape index (κ3) is 6.65. The van der Waals surface area contributed by atoms with Crippen LogP contribution in [0.3, 0.4) is 0 Å². The molecule has 0 radical (unpaired) electrons. The van der Waals surface area contributed by atoms with Crippen LogP contribution < -0.4 is 9.80 Å². The van der Waals surface area contributed by atoms with E-state index in [4.69, 9.17) is 4.42 Å². The minimum atomic E-state index is 0.852. The number of fused-ring (bicyclic) bond motifs is 7. The Morgan fingerprint density at radius 1 is 0.294 bits per heavy atom. The van der Waals surface area contributed by atoms with Gasteiger partial charge in [0.05, 0.1) is 33.1 Å². The Kier molecular flexibility index (Phi) is 9.69. The number of para-hydroxylation sites is 4. The van der Waals surface area contributed by atoms with Gasteiger partial charge in [-0.25, -0.2) is 0 Å². The van der Waals surface area contributed by atoms with Crippen LogP contribution in [-0.4, -0.2) is 0 Å². The van der Waals surface area contributed by atoms with Crippen molar-refractivity contribution in [1.82, 2.24) is 0 Å². The van der Waals surface area contributed by atoms with Gasteiger partial charge in [-0.05, 0) is 82.2 Å². The van der Waals surface area contributed by atoms with Crippen molar-refractivity contribution in [2.75, 3.05) is 9.80 Å². The Balaban J connectivity index is 1.05. The second kappa shape index (κ2) is 16.6. The molecule has 320 valence electrons. The van der Waals surface area contributed by atoms with Crippen molar-refractivity contribution in [1.29, 1.82) is 0 Å². The van der Waals surface area contributed by atoms with Crippen molar-refractivity contribution < 1.29 is 4.42 Å². The molecule has 0 amide bonds. The standard InChI is InChI=1S/C64H42N2OS/c1-3-20-43(21-4-1)47-40-41-58(51-29-8-7-28-50(47)51)65(56-34-13-9-26-48(56)44-22-5-2-6-23-44)46-25-17-24-45(42-46)49-27-10-14-35-57(49)66(59-36-18-32-54-52-30-11-15-38-61(52)67-63(54)59)60-37-19-33-55-53-31-12-16-39-62(53)68-64(55)60/h1-42H. The monoisotopic (exact) mass is 886 g/mol. The molecule has 0 saturated heterocycles. The van der Waals surface area contributed by atoms with Gasteiger partial charge in [-0.15, -0.1) is 11.3 Å². The second-order valence-electron chi connectivity index (χ2n) is 17.2. The molecule has 0 aliphatic carbocycles. The van der Waals surface area contributed by atoms with Crippen LogP contribution in [0.5, 0.6) is 0 Å². The summed E-state index contributed by atoms with van der Waals surface area (Å²) in [7, 11) is 0. The van der Waals surface area contributed by atoms with E-state index in [-0.39, 0.29) is 0 Å². The van der Waals surface area contributed by atoms with Crippen LogP contribution in [0.25, 0.3) is 86.3 Å². The van der Waals surface area contributed by atoms with Gasteiger partial charge >= 0.3 is 0 Å². The Labute approximate surface area is 398 Å². The molecule has 0 N–H and O–H groups in total. The molecular weight excluding hydrogens is 845 g/mol. The van der Waals surface area contributed by atoms with E-state index in [0.717, 1.165) is 78.3 Å². The lowest BCUT2D eigenvalue weighted by atomic mass is 9.95. The largest absolute Gasteiger partial charge is 0.454 e. The third-order valence-electron chi connectivity index (χ3n) is 13.3. The molecule has 0 saturated carbocycles. The van der Waals surface area contributed by atoms with Crippen LogP contribution in [0.1, 0.15) is 0 Å². The van der Waals surface area contributed by atoms with E-state index in [1.54, 1.807) is 0 Å². The molecule has 4 heteroatoms. The highest BCUT2D eigenvalue weighted by molar-refractivity contribution is 7.26. The fourth-order valence-electron chi connectivity index (χ4n) is 10.2. The molecule has 0 fully saturated rings. The smallest absolute Gasteiger partial charge is 0.159 e. The van der Waals surface area contributed by atoms with E-state index in [0.29, 0.717) is 0 Å². The van der Waals surface area contributed by atoms with Gasteiger partial charge in [0.1, 0.15) is 5.58 Å². The van der Waals surface area contributed by atoms with Crippen LogP contribution in [0.15, 0.2) is 259 Å². The summed E-state index contributed by atoms with van der Waals surface area (Å²) in [6.07, 6.45) is 0. The number of anilines is 6. The third-order valence-corrected chi connectivity index (χ3v) is 14.5. The lowest BCUT2D eigenvalue weighted by Gasteiger charge is -2.31. The second-order valence-corrected chi connectivity index (χ2v) is 18.2. The number of thiophene rings is 1. The van der Waals surface area contributed by atoms with Gasteiger partial charge in [0.2, 0.25) is 0 Å². The maximum Gasteiger partial charge on any atom is 0.159 e. The molecule has 0 spiro atoms. The Hall–Kier alpha value is -8.70. The minimum absolute atomic E-state index is 0.852. The minimum Gasteiger partial charge on any atom is -0.454 e. The number of hydrogen-bond acceptors (Lipinski definition) is 4. The summed E-state index contributed by atoms with van der Waals surface area (Å²) in [5.41, 5.74) is 15.0. The first-order valence-electron chi connectivity index (χ1n) is 23.1. The van der Waals surface area contributed by atoms with Crippen molar-refractivity contribution in [2.45, 2.75) is 0 Å². The van der Waals surface area contributed by atoms with Gasteiger partial charge in [0.25, 0.3) is 0 Å². The summed E-state index contributed by atoms with van der Waals surface area (Å²) in [4.78, 5) is 4.89. The molecule has 68 heavy (non-hydrogen) atoms. The highest BCUT2D eigenvalue weighted by Crippen LogP contribution is 2.51.